The Labute approximate surface area is 122 Å². The number of hydrogen-bond acceptors (Lipinski definition) is 4. The third kappa shape index (κ3) is 3.21. The molecule has 21 heavy (non-hydrogen) atoms. The summed E-state index contributed by atoms with van der Waals surface area (Å²) in [4.78, 5) is 19.4. The van der Waals surface area contributed by atoms with Crippen LogP contribution in [0.5, 0.6) is 0 Å². The van der Waals surface area contributed by atoms with Crippen LogP contribution in [0.15, 0.2) is 23.7 Å². The number of amides is 1. The second-order valence-electron chi connectivity index (χ2n) is 4.74. The van der Waals surface area contributed by atoms with Crippen LogP contribution in [0.3, 0.4) is 0 Å². The molecular formula is C13H10F3N3OS. The van der Waals surface area contributed by atoms with Crippen molar-refractivity contribution in [3.05, 3.63) is 40.7 Å². The van der Waals surface area contributed by atoms with E-state index in [1.807, 2.05) is 5.38 Å². The molecule has 1 aliphatic carbocycles. The highest BCUT2D eigenvalue weighted by Crippen LogP contribution is 2.40. The predicted molar refractivity (Wildman–Crippen MR) is 71.3 cm³/mol. The van der Waals surface area contributed by atoms with Crippen molar-refractivity contribution in [3.63, 3.8) is 0 Å². The lowest BCUT2D eigenvalue weighted by Gasteiger charge is -2.06. The van der Waals surface area contributed by atoms with Crippen molar-refractivity contribution in [2.24, 2.45) is 0 Å². The molecule has 1 N–H and O–H groups in total. The van der Waals surface area contributed by atoms with Crippen LogP contribution in [-0.4, -0.2) is 15.9 Å². The van der Waals surface area contributed by atoms with E-state index in [0.29, 0.717) is 11.0 Å². The molecule has 2 aromatic rings. The highest BCUT2D eigenvalue weighted by atomic mass is 32.1. The lowest BCUT2D eigenvalue weighted by atomic mass is 10.2. The standard InChI is InChI=1S/C13H10F3N3OS/c14-13(15,16)10-4-3-8(5-17-10)11(20)19-12-18-9(6-21-12)7-1-2-7/h3-7H,1-2H2,(H,18,19,20). The van der Waals surface area contributed by atoms with Gasteiger partial charge < -0.3 is 0 Å². The number of alkyl halides is 3. The molecule has 1 saturated carbocycles. The van der Waals surface area contributed by atoms with Gasteiger partial charge in [0.1, 0.15) is 5.69 Å². The topological polar surface area (TPSA) is 54.9 Å². The van der Waals surface area contributed by atoms with Gasteiger partial charge >= 0.3 is 6.18 Å². The average molecular weight is 313 g/mol. The lowest BCUT2D eigenvalue weighted by molar-refractivity contribution is -0.141. The molecule has 0 spiro atoms. The Morgan fingerprint density at radius 3 is 2.67 bits per heavy atom. The maximum absolute atomic E-state index is 12.4. The van der Waals surface area contributed by atoms with E-state index >= 15 is 0 Å². The molecule has 0 unspecified atom stereocenters. The molecule has 0 atom stereocenters. The summed E-state index contributed by atoms with van der Waals surface area (Å²) in [6.45, 7) is 0. The quantitative estimate of drug-likeness (QED) is 0.940. The first-order valence-electron chi connectivity index (χ1n) is 6.23. The number of halogens is 3. The first kappa shape index (κ1) is 14.0. The molecule has 3 rings (SSSR count). The Bertz CT molecular complexity index is 662. The van der Waals surface area contributed by atoms with Gasteiger partial charge in [-0.3, -0.25) is 15.1 Å². The number of carbonyl (C=O) groups excluding carboxylic acids is 1. The first-order chi connectivity index (χ1) is 9.93. The molecular weight excluding hydrogens is 303 g/mol. The Morgan fingerprint density at radius 1 is 1.33 bits per heavy atom. The average Bonchev–Trinajstić information content (AvgIpc) is 3.19. The van der Waals surface area contributed by atoms with Gasteiger partial charge in [0, 0.05) is 17.5 Å². The molecule has 1 aliphatic rings. The summed E-state index contributed by atoms with van der Waals surface area (Å²) in [5.74, 6) is -0.0347. The number of aromatic nitrogens is 2. The highest BCUT2D eigenvalue weighted by Gasteiger charge is 2.32. The molecule has 0 saturated heterocycles. The molecule has 4 nitrogen and oxygen atoms in total. The van der Waals surface area contributed by atoms with Crippen LogP contribution in [0.1, 0.15) is 40.5 Å². The number of rotatable bonds is 3. The van der Waals surface area contributed by atoms with Crippen molar-refractivity contribution >= 4 is 22.4 Å². The number of carbonyl (C=O) groups is 1. The summed E-state index contributed by atoms with van der Waals surface area (Å²) in [6, 6.07) is 1.88. The second kappa shape index (κ2) is 5.10. The van der Waals surface area contributed by atoms with Gasteiger partial charge in [0.15, 0.2) is 5.13 Å². The number of anilines is 1. The number of pyridine rings is 1. The summed E-state index contributed by atoms with van der Waals surface area (Å²) in [7, 11) is 0. The lowest BCUT2D eigenvalue weighted by Crippen LogP contribution is -2.14. The number of nitrogens with one attached hydrogen (secondary N) is 1. The Balaban J connectivity index is 1.69. The normalized spacial score (nSPS) is 15.0. The summed E-state index contributed by atoms with van der Waals surface area (Å²) in [5.41, 5.74) is -0.00339. The maximum Gasteiger partial charge on any atom is 0.433 e. The van der Waals surface area contributed by atoms with E-state index in [1.54, 1.807) is 0 Å². The van der Waals surface area contributed by atoms with Gasteiger partial charge in [0.25, 0.3) is 5.91 Å². The van der Waals surface area contributed by atoms with Gasteiger partial charge in [-0.2, -0.15) is 13.2 Å². The van der Waals surface area contributed by atoms with Crippen molar-refractivity contribution in [1.29, 1.82) is 0 Å². The minimum atomic E-state index is -4.51. The minimum absolute atomic E-state index is 0.0613. The molecule has 1 amide bonds. The van der Waals surface area contributed by atoms with Gasteiger partial charge in [-0.15, -0.1) is 11.3 Å². The van der Waals surface area contributed by atoms with Crippen LogP contribution in [0.4, 0.5) is 18.3 Å². The predicted octanol–water partition coefficient (Wildman–Crippen LogP) is 3.69. The molecule has 0 bridgehead atoms. The van der Waals surface area contributed by atoms with E-state index in [9.17, 15) is 18.0 Å². The molecule has 0 aromatic carbocycles. The molecule has 8 heteroatoms. The zero-order chi connectivity index (χ0) is 15.0. The summed E-state index contributed by atoms with van der Waals surface area (Å²) in [5, 5.41) is 4.90. The SMILES string of the molecule is O=C(Nc1nc(C2CC2)cs1)c1ccc(C(F)(F)F)nc1. The van der Waals surface area contributed by atoms with Gasteiger partial charge in [-0.1, -0.05) is 0 Å². The van der Waals surface area contributed by atoms with Crippen LogP contribution >= 0.6 is 11.3 Å². The zero-order valence-corrected chi connectivity index (χ0v) is 11.5. The molecule has 0 radical (unpaired) electrons. The molecule has 110 valence electrons. The fourth-order valence-corrected chi connectivity index (χ4v) is 2.56. The number of hydrogen-bond donors (Lipinski definition) is 1. The van der Waals surface area contributed by atoms with Gasteiger partial charge in [-0.25, -0.2) is 4.98 Å². The number of thiazole rings is 1. The third-order valence-electron chi connectivity index (χ3n) is 3.05. The van der Waals surface area contributed by atoms with Gasteiger partial charge in [-0.05, 0) is 25.0 Å². The number of nitrogens with zero attached hydrogens (tertiary/aromatic N) is 2. The zero-order valence-electron chi connectivity index (χ0n) is 10.6. The molecule has 2 aromatic heterocycles. The van der Waals surface area contributed by atoms with E-state index in [-0.39, 0.29) is 5.56 Å². The Hall–Kier alpha value is -1.96. The van der Waals surface area contributed by atoms with Gasteiger partial charge in [0.2, 0.25) is 0 Å². The largest absolute Gasteiger partial charge is 0.433 e. The summed E-state index contributed by atoms with van der Waals surface area (Å²) < 4.78 is 37.1. The van der Waals surface area contributed by atoms with E-state index in [0.717, 1.165) is 36.9 Å². The van der Waals surface area contributed by atoms with Crippen LogP contribution in [0.2, 0.25) is 0 Å². The fourth-order valence-electron chi connectivity index (χ4n) is 1.78. The van der Waals surface area contributed by atoms with Crippen LogP contribution in [-0.2, 0) is 6.18 Å². The molecule has 1 fully saturated rings. The second-order valence-corrected chi connectivity index (χ2v) is 5.59. The van der Waals surface area contributed by atoms with Crippen molar-refractivity contribution in [2.45, 2.75) is 24.9 Å². The van der Waals surface area contributed by atoms with Crippen molar-refractivity contribution in [3.8, 4) is 0 Å². The maximum atomic E-state index is 12.4. The summed E-state index contributed by atoms with van der Waals surface area (Å²) >= 11 is 1.30. The van der Waals surface area contributed by atoms with E-state index in [4.69, 9.17) is 0 Å². The van der Waals surface area contributed by atoms with Crippen LogP contribution in [0, 0.1) is 0 Å². The van der Waals surface area contributed by atoms with E-state index in [2.05, 4.69) is 15.3 Å². The smallest absolute Gasteiger partial charge is 0.298 e. The highest BCUT2D eigenvalue weighted by molar-refractivity contribution is 7.14. The molecule has 0 aliphatic heterocycles. The van der Waals surface area contributed by atoms with E-state index in [1.165, 1.54) is 11.3 Å². The summed E-state index contributed by atoms with van der Waals surface area (Å²) in [6.07, 6.45) is -1.38. The Kier molecular flexibility index (Phi) is 3.40. The molecule has 2 heterocycles. The van der Waals surface area contributed by atoms with Gasteiger partial charge in [0.05, 0.1) is 11.3 Å². The fraction of sp³-hybridized carbons (Fsp3) is 0.308. The van der Waals surface area contributed by atoms with E-state index < -0.39 is 17.8 Å². The Morgan fingerprint density at radius 2 is 2.10 bits per heavy atom. The monoisotopic (exact) mass is 313 g/mol. The first-order valence-corrected chi connectivity index (χ1v) is 7.11. The minimum Gasteiger partial charge on any atom is -0.298 e. The van der Waals surface area contributed by atoms with Crippen LogP contribution in [0.25, 0.3) is 0 Å². The van der Waals surface area contributed by atoms with Crippen molar-refractivity contribution < 1.29 is 18.0 Å². The van der Waals surface area contributed by atoms with Crippen molar-refractivity contribution in [1.82, 2.24) is 9.97 Å². The van der Waals surface area contributed by atoms with Crippen LogP contribution < -0.4 is 5.32 Å². The van der Waals surface area contributed by atoms with Crippen molar-refractivity contribution in [2.75, 3.05) is 5.32 Å². The third-order valence-corrected chi connectivity index (χ3v) is 3.83.